The fourth-order valence-corrected chi connectivity index (χ4v) is 6.50. The van der Waals surface area contributed by atoms with Crippen LogP contribution in [-0.2, 0) is 9.59 Å². The molecule has 3 amide bonds. The van der Waals surface area contributed by atoms with Crippen molar-refractivity contribution in [3.8, 4) is 0 Å². The summed E-state index contributed by atoms with van der Waals surface area (Å²) in [6, 6.07) is -1.22. The van der Waals surface area contributed by atoms with Crippen LogP contribution < -0.4 is 10.6 Å². The van der Waals surface area contributed by atoms with Gasteiger partial charge in [-0.05, 0) is 48.3 Å². The van der Waals surface area contributed by atoms with Crippen LogP contribution in [0.5, 0.6) is 0 Å². The van der Waals surface area contributed by atoms with Crippen LogP contribution in [0.3, 0.4) is 0 Å². The summed E-state index contributed by atoms with van der Waals surface area (Å²) in [5, 5.41) is 6.00. The average molecular weight is 484 g/mol. The summed E-state index contributed by atoms with van der Waals surface area (Å²) in [7, 11) is 0. The summed E-state index contributed by atoms with van der Waals surface area (Å²) in [6.07, 6.45) is 9.30. The molecule has 8 nitrogen and oxygen atoms in total. The van der Waals surface area contributed by atoms with Gasteiger partial charge >= 0.3 is 0 Å². The number of piperidine rings is 1. The second kappa shape index (κ2) is 9.51. The van der Waals surface area contributed by atoms with E-state index in [4.69, 9.17) is 0 Å². The van der Waals surface area contributed by atoms with Crippen LogP contribution in [0, 0.1) is 28.6 Å². The van der Waals surface area contributed by atoms with Crippen molar-refractivity contribution in [2.45, 2.75) is 91.8 Å². The summed E-state index contributed by atoms with van der Waals surface area (Å²) in [6.45, 7) is 13.4. The average Bonchev–Trinajstić information content (AvgIpc) is 3.16. The summed E-state index contributed by atoms with van der Waals surface area (Å²) >= 11 is 0. The third-order valence-electron chi connectivity index (χ3n) is 8.71. The molecule has 2 aliphatic carbocycles. The fraction of sp³-hybridized carbons (Fsp3) is 0.741. The minimum atomic E-state index is -0.717. The molecule has 5 atom stereocenters. The molecule has 0 aromatic carbocycles. The lowest BCUT2D eigenvalue weighted by Gasteiger charge is -2.38. The van der Waals surface area contributed by atoms with Crippen LogP contribution >= 0.6 is 0 Å². The summed E-state index contributed by atoms with van der Waals surface area (Å²) < 4.78 is 0. The molecule has 8 heteroatoms. The van der Waals surface area contributed by atoms with Crippen molar-refractivity contribution in [2.24, 2.45) is 28.6 Å². The van der Waals surface area contributed by atoms with Gasteiger partial charge in [0.2, 0.25) is 11.8 Å². The molecule has 35 heavy (non-hydrogen) atoms. The molecule has 3 fully saturated rings. The van der Waals surface area contributed by atoms with E-state index in [-0.39, 0.29) is 34.9 Å². The lowest BCUT2D eigenvalue weighted by atomic mass is 9.82. The van der Waals surface area contributed by atoms with E-state index in [1.54, 1.807) is 0 Å². The van der Waals surface area contributed by atoms with E-state index in [0.717, 1.165) is 38.6 Å². The van der Waals surface area contributed by atoms with Crippen molar-refractivity contribution in [2.75, 3.05) is 6.54 Å². The Bertz CT molecular complexity index is 951. The van der Waals surface area contributed by atoms with Crippen molar-refractivity contribution in [1.29, 1.82) is 0 Å². The summed E-state index contributed by atoms with van der Waals surface area (Å²) in [5.74, 6) is 0.337. The first-order valence-corrected chi connectivity index (χ1v) is 13.1. The van der Waals surface area contributed by atoms with Crippen molar-refractivity contribution in [3.05, 3.63) is 24.3 Å². The normalized spacial score (nSPS) is 27.5. The van der Waals surface area contributed by atoms with Gasteiger partial charge in [0.05, 0.1) is 6.20 Å². The number of carbonyl (C=O) groups excluding carboxylic acids is 3. The quantitative estimate of drug-likeness (QED) is 0.647. The molecule has 2 heterocycles. The zero-order valence-corrected chi connectivity index (χ0v) is 22.0. The monoisotopic (exact) mass is 483 g/mol. The number of hydrogen-bond acceptors (Lipinski definition) is 5. The molecule has 1 saturated heterocycles. The maximum Gasteiger partial charge on any atom is 0.272 e. The molecule has 1 aliphatic heterocycles. The van der Waals surface area contributed by atoms with Crippen molar-refractivity contribution in [1.82, 2.24) is 25.5 Å². The summed E-state index contributed by atoms with van der Waals surface area (Å²) in [4.78, 5) is 50.4. The minimum Gasteiger partial charge on any atom is -0.342 e. The maximum atomic E-state index is 13.8. The molecular weight excluding hydrogens is 442 g/mol. The SMILES string of the molecule is C[C@@H]1[C@@H]2C(CN1C(=O)[C@@H](NC(=O)C(NC(=O)c1cnccn1)C1CCCCC1)C(C)(C)C)C2(C)C. The third kappa shape index (κ3) is 5.07. The van der Waals surface area contributed by atoms with Gasteiger partial charge in [-0.1, -0.05) is 53.9 Å². The van der Waals surface area contributed by atoms with Gasteiger partial charge in [-0.15, -0.1) is 0 Å². The highest BCUT2D eigenvalue weighted by Crippen LogP contribution is 2.64. The van der Waals surface area contributed by atoms with Gasteiger partial charge in [0.1, 0.15) is 17.8 Å². The Morgan fingerprint density at radius 3 is 2.31 bits per heavy atom. The Labute approximate surface area is 209 Å². The van der Waals surface area contributed by atoms with Crippen molar-refractivity contribution < 1.29 is 14.4 Å². The number of fused-ring (bicyclic) bond motifs is 1. The van der Waals surface area contributed by atoms with E-state index in [2.05, 4.69) is 41.4 Å². The number of likely N-dealkylation sites (tertiary alicyclic amines) is 1. The predicted octanol–water partition coefficient (Wildman–Crippen LogP) is 3.19. The van der Waals surface area contributed by atoms with Crippen LogP contribution in [0.2, 0.25) is 0 Å². The molecule has 3 aliphatic rings. The Morgan fingerprint density at radius 2 is 1.77 bits per heavy atom. The molecule has 2 unspecified atom stereocenters. The van der Waals surface area contributed by atoms with Gasteiger partial charge in [-0.25, -0.2) is 4.98 Å². The van der Waals surface area contributed by atoms with E-state index >= 15 is 0 Å². The first kappa shape index (κ1) is 25.6. The van der Waals surface area contributed by atoms with E-state index in [1.165, 1.54) is 18.6 Å². The van der Waals surface area contributed by atoms with Gasteiger partial charge in [0, 0.05) is 25.0 Å². The minimum absolute atomic E-state index is 0.0241. The number of nitrogens with zero attached hydrogens (tertiary/aromatic N) is 3. The second-order valence-electron chi connectivity index (χ2n) is 12.4. The van der Waals surface area contributed by atoms with E-state index in [9.17, 15) is 14.4 Å². The lowest BCUT2D eigenvalue weighted by Crippen LogP contribution is -2.60. The number of amides is 3. The molecule has 1 aromatic rings. The Balaban J connectivity index is 1.51. The number of hydrogen-bond donors (Lipinski definition) is 2. The fourth-order valence-electron chi connectivity index (χ4n) is 6.50. The molecule has 1 aromatic heterocycles. The molecule has 4 rings (SSSR count). The van der Waals surface area contributed by atoms with Crippen molar-refractivity contribution in [3.63, 3.8) is 0 Å². The van der Waals surface area contributed by atoms with Gasteiger partial charge in [0.25, 0.3) is 5.91 Å². The van der Waals surface area contributed by atoms with Gasteiger partial charge in [-0.2, -0.15) is 0 Å². The van der Waals surface area contributed by atoms with Gasteiger partial charge in [0.15, 0.2) is 0 Å². The number of nitrogens with one attached hydrogen (secondary N) is 2. The molecule has 2 N–H and O–H groups in total. The van der Waals surface area contributed by atoms with Crippen LogP contribution in [0.15, 0.2) is 18.6 Å². The number of aromatic nitrogens is 2. The third-order valence-corrected chi connectivity index (χ3v) is 8.71. The molecule has 0 spiro atoms. The zero-order valence-electron chi connectivity index (χ0n) is 22.0. The second-order valence-corrected chi connectivity index (χ2v) is 12.4. The van der Waals surface area contributed by atoms with Crippen LogP contribution in [0.1, 0.15) is 84.1 Å². The van der Waals surface area contributed by atoms with Gasteiger partial charge < -0.3 is 15.5 Å². The van der Waals surface area contributed by atoms with Crippen LogP contribution in [0.4, 0.5) is 0 Å². The predicted molar refractivity (Wildman–Crippen MR) is 133 cm³/mol. The van der Waals surface area contributed by atoms with E-state index in [1.807, 2.05) is 25.7 Å². The standard InChI is InChI=1S/C27H41N5O3/c1-16-20-18(27(20,5)6)15-32(16)25(35)22(26(2,3)4)31-24(34)21(17-10-8-7-9-11-17)30-23(33)19-14-28-12-13-29-19/h12-14,16-18,20-22H,7-11,15H2,1-6H3,(H,30,33)(H,31,34)/t16-,18?,20-,21?,22-/m1/s1. The molecular formula is C27H41N5O3. The van der Waals surface area contributed by atoms with Crippen LogP contribution in [-0.4, -0.2) is 57.3 Å². The largest absolute Gasteiger partial charge is 0.342 e. The highest BCUT2D eigenvalue weighted by atomic mass is 16.2. The van der Waals surface area contributed by atoms with Crippen LogP contribution in [0.25, 0.3) is 0 Å². The topological polar surface area (TPSA) is 104 Å². The Morgan fingerprint density at radius 1 is 1.09 bits per heavy atom. The Kier molecular flexibility index (Phi) is 6.95. The smallest absolute Gasteiger partial charge is 0.272 e. The van der Waals surface area contributed by atoms with Crippen molar-refractivity contribution >= 4 is 17.7 Å². The first-order valence-electron chi connectivity index (χ1n) is 13.1. The summed E-state index contributed by atoms with van der Waals surface area (Å²) in [5.41, 5.74) is -0.00831. The van der Waals surface area contributed by atoms with E-state index in [0.29, 0.717) is 11.8 Å². The highest BCUT2D eigenvalue weighted by molar-refractivity contribution is 5.97. The van der Waals surface area contributed by atoms with Gasteiger partial charge in [-0.3, -0.25) is 19.4 Å². The first-order chi connectivity index (χ1) is 16.4. The highest BCUT2D eigenvalue weighted by Gasteiger charge is 2.66. The molecule has 0 radical (unpaired) electrons. The molecule has 2 saturated carbocycles. The lowest BCUT2D eigenvalue weighted by molar-refractivity contribution is -0.141. The molecule has 0 bridgehead atoms. The molecule has 192 valence electrons. The maximum absolute atomic E-state index is 13.8. The Hall–Kier alpha value is -2.51. The van der Waals surface area contributed by atoms with E-state index < -0.39 is 23.4 Å². The number of rotatable bonds is 6. The zero-order chi connectivity index (χ0) is 25.5. The number of carbonyl (C=O) groups is 3.